The second-order valence-corrected chi connectivity index (χ2v) is 5.27. The number of para-hydroxylation sites is 1. The summed E-state index contributed by atoms with van der Waals surface area (Å²) in [5.74, 6) is 0.915. The molecule has 0 unspecified atom stereocenters. The number of hydrogen-bond donors (Lipinski definition) is 1. The number of ether oxygens (including phenoxy) is 1. The van der Waals surface area contributed by atoms with Crippen molar-refractivity contribution in [2.45, 2.75) is 38.6 Å². The van der Waals surface area contributed by atoms with E-state index in [9.17, 15) is 0 Å². The Morgan fingerprint density at radius 1 is 1.44 bits per heavy atom. The topological polar surface area (TPSA) is 29.9 Å². The molecule has 96 valence electrons. The number of aromatic amines is 1. The van der Waals surface area contributed by atoms with E-state index in [0.717, 1.165) is 29.1 Å². The molecule has 3 rings (SSSR count). The lowest BCUT2D eigenvalue weighted by molar-refractivity contribution is 0.317. The summed E-state index contributed by atoms with van der Waals surface area (Å²) in [5, 5.41) is 0. The van der Waals surface area contributed by atoms with Gasteiger partial charge in [-0.25, -0.2) is 0 Å². The smallest absolute Gasteiger partial charge is 0.178 e. The molecular formula is C14H18N2OS. The molecule has 2 aromatic rings. The molecule has 0 spiro atoms. The molecule has 1 heterocycles. The normalized spacial score (nSPS) is 15.8. The van der Waals surface area contributed by atoms with Gasteiger partial charge in [0.2, 0.25) is 0 Å². The first-order chi connectivity index (χ1) is 8.81. The van der Waals surface area contributed by atoms with Gasteiger partial charge in [-0.1, -0.05) is 13.0 Å². The summed E-state index contributed by atoms with van der Waals surface area (Å²) < 4.78 is 8.86. The van der Waals surface area contributed by atoms with Crippen LogP contribution in [0.3, 0.4) is 0 Å². The van der Waals surface area contributed by atoms with Gasteiger partial charge >= 0.3 is 0 Å². The van der Waals surface area contributed by atoms with E-state index in [4.69, 9.17) is 17.0 Å². The maximum Gasteiger partial charge on any atom is 0.178 e. The summed E-state index contributed by atoms with van der Waals surface area (Å²) in [6.45, 7) is 2.86. The summed E-state index contributed by atoms with van der Waals surface area (Å²) in [6.07, 6.45) is 4.80. The van der Waals surface area contributed by atoms with Crippen LogP contribution >= 0.6 is 12.2 Å². The standard InChI is InChI=1S/C14H18N2OS/c1-2-9-17-12-8-4-7-11-13(12)15-14(18)16(11)10-5-3-6-10/h4,7-8,10H,2-3,5-6,9H2,1H3,(H,15,18). The zero-order chi connectivity index (χ0) is 12.5. The van der Waals surface area contributed by atoms with Gasteiger partial charge in [0.1, 0.15) is 11.3 Å². The lowest BCUT2D eigenvalue weighted by Gasteiger charge is -2.27. The third-order valence-electron chi connectivity index (χ3n) is 3.62. The Bertz CT molecular complexity index is 610. The number of H-pyrrole nitrogens is 1. The highest BCUT2D eigenvalue weighted by molar-refractivity contribution is 7.71. The van der Waals surface area contributed by atoms with Gasteiger partial charge in [-0.05, 0) is 50.0 Å². The van der Waals surface area contributed by atoms with E-state index in [1.54, 1.807) is 0 Å². The maximum absolute atomic E-state index is 5.78. The molecule has 1 aromatic heterocycles. The van der Waals surface area contributed by atoms with Crippen LogP contribution in [-0.4, -0.2) is 16.2 Å². The second-order valence-electron chi connectivity index (χ2n) is 4.88. The molecule has 0 aliphatic heterocycles. The van der Waals surface area contributed by atoms with Crippen LogP contribution in [0.4, 0.5) is 0 Å². The molecule has 1 aromatic carbocycles. The largest absolute Gasteiger partial charge is 0.491 e. The highest BCUT2D eigenvalue weighted by atomic mass is 32.1. The number of rotatable bonds is 4. The van der Waals surface area contributed by atoms with Crippen LogP contribution in [-0.2, 0) is 0 Å². The molecule has 0 atom stereocenters. The van der Waals surface area contributed by atoms with Crippen LogP contribution in [0, 0.1) is 4.77 Å². The number of benzene rings is 1. The monoisotopic (exact) mass is 262 g/mol. The molecule has 1 saturated carbocycles. The van der Waals surface area contributed by atoms with E-state index >= 15 is 0 Å². The van der Waals surface area contributed by atoms with Gasteiger partial charge in [0.15, 0.2) is 4.77 Å². The molecule has 1 aliphatic carbocycles. The molecule has 18 heavy (non-hydrogen) atoms. The highest BCUT2D eigenvalue weighted by Gasteiger charge is 2.22. The molecule has 4 heteroatoms. The minimum Gasteiger partial charge on any atom is -0.491 e. The lowest BCUT2D eigenvalue weighted by Crippen LogP contribution is -2.16. The summed E-state index contributed by atoms with van der Waals surface area (Å²) in [7, 11) is 0. The van der Waals surface area contributed by atoms with Crippen molar-refractivity contribution in [1.29, 1.82) is 0 Å². The predicted molar refractivity (Wildman–Crippen MR) is 75.8 cm³/mol. The Morgan fingerprint density at radius 2 is 2.28 bits per heavy atom. The zero-order valence-electron chi connectivity index (χ0n) is 10.6. The van der Waals surface area contributed by atoms with Crippen LogP contribution < -0.4 is 4.74 Å². The first-order valence-corrected chi connectivity index (χ1v) is 7.08. The van der Waals surface area contributed by atoms with Crippen molar-refractivity contribution < 1.29 is 4.74 Å². The van der Waals surface area contributed by atoms with Crippen molar-refractivity contribution in [2.75, 3.05) is 6.61 Å². The van der Waals surface area contributed by atoms with Crippen molar-refractivity contribution in [3.63, 3.8) is 0 Å². The fourth-order valence-electron chi connectivity index (χ4n) is 2.46. The van der Waals surface area contributed by atoms with Gasteiger partial charge in [-0.15, -0.1) is 0 Å². The number of hydrogen-bond acceptors (Lipinski definition) is 2. The van der Waals surface area contributed by atoms with E-state index in [0.29, 0.717) is 6.04 Å². The third-order valence-corrected chi connectivity index (χ3v) is 3.91. The molecule has 1 fully saturated rings. The van der Waals surface area contributed by atoms with Crippen molar-refractivity contribution in [3.05, 3.63) is 23.0 Å². The van der Waals surface area contributed by atoms with E-state index in [2.05, 4.69) is 22.5 Å². The van der Waals surface area contributed by atoms with Crippen LogP contribution in [0.1, 0.15) is 38.6 Å². The minimum absolute atomic E-state index is 0.577. The average molecular weight is 262 g/mol. The fraction of sp³-hybridized carbons (Fsp3) is 0.500. The predicted octanol–water partition coefficient (Wildman–Crippen LogP) is 4.21. The van der Waals surface area contributed by atoms with Gasteiger partial charge in [0.25, 0.3) is 0 Å². The van der Waals surface area contributed by atoms with Crippen molar-refractivity contribution >= 4 is 23.3 Å². The number of fused-ring (bicyclic) bond motifs is 1. The van der Waals surface area contributed by atoms with Crippen LogP contribution in [0.15, 0.2) is 18.2 Å². The van der Waals surface area contributed by atoms with Gasteiger partial charge in [-0.2, -0.15) is 0 Å². The van der Waals surface area contributed by atoms with E-state index < -0.39 is 0 Å². The summed E-state index contributed by atoms with van der Waals surface area (Å²) >= 11 is 5.45. The number of imidazole rings is 1. The van der Waals surface area contributed by atoms with Crippen LogP contribution in [0.5, 0.6) is 5.75 Å². The second kappa shape index (κ2) is 4.76. The molecule has 0 amide bonds. The highest BCUT2D eigenvalue weighted by Crippen LogP contribution is 2.36. The number of aromatic nitrogens is 2. The fourth-order valence-corrected chi connectivity index (χ4v) is 2.81. The summed E-state index contributed by atoms with van der Waals surface area (Å²) in [5.41, 5.74) is 2.22. The Labute approximate surface area is 112 Å². The molecule has 0 saturated heterocycles. The number of nitrogens with zero attached hydrogens (tertiary/aromatic N) is 1. The SMILES string of the molecule is CCCOc1cccc2c1[nH]c(=S)n2C1CCC1. The Kier molecular flexibility index (Phi) is 3.12. The maximum atomic E-state index is 5.78. The third kappa shape index (κ3) is 1.85. The van der Waals surface area contributed by atoms with Crippen LogP contribution in [0.2, 0.25) is 0 Å². The van der Waals surface area contributed by atoms with Gasteiger partial charge in [0, 0.05) is 6.04 Å². The van der Waals surface area contributed by atoms with E-state index in [-0.39, 0.29) is 0 Å². The first-order valence-electron chi connectivity index (χ1n) is 6.67. The Balaban J connectivity index is 2.09. The minimum atomic E-state index is 0.577. The summed E-state index contributed by atoms with van der Waals surface area (Å²) in [6, 6.07) is 6.76. The first kappa shape index (κ1) is 11.8. The van der Waals surface area contributed by atoms with Crippen molar-refractivity contribution in [1.82, 2.24) is 9.55 Å². The molecule has 3 nitrogen and oxygen atoms in total. The van der Waals surface area contributed by atoms with E-state index in [1.165, 1.54) is 24.8 Å². The van der Waals surface area contributed by atoms with Gasteiger partial charge < -0.3 is 14.3 Å². The molecule has 1 N–H and O–H groups in total. The zero-order valence-corrected chi connectivity index (χ0v) is 11.4. The molecular weight excluding hydrogens is 244 g/mol. The lowest BCUT2D eigenvalue weighted by atomic mass is 9.93. The summed E-state index contributed by atoms with van der Waals surface area (Å²) in [4.78, 5) is 3.31. The number of nitrogens with one attached hydrogen (secondary N) is 1. The Hall–Kier alpha value is -1.29. The molecule has 0 radical (unpaired) electrons. The van der Waals surface area contributed by atoms with Gasteiger partial charge in [-0.3, -0.25) is 0 Å². The Morgan fingerprint density at radius 3 is 2.94 bits per heavy atom. The molecule has 0 bridgehead atoms. The molecule has 1 aliphatic rings. The average Bonchev–Trinajstić information content (AvgIpc) is 2.63. The van der Waals surface area contributed by atoms with Gasteiger partial charge in [0.05, 0.1) is 12.1 Å². The van der Waals surface area contributed by atoms with Crippen molar-refractivity contribution in [2.24, 2.45) is 0 Å². The quantitative estimate of drug-likeness (QED) is 0.836. The van der Waals surface area contributed by atoms with Crippen LogP contribution in [0.25, 0.3) is 11.0 Å². The van der Waals surface area contributed by atoms with Crippen molar-refractivity contribution in [3.8, 4) is 5.75 Å². The van der Waals surface area contributed by atoms with E-state index in [1.807, 2.05) is 12.1 Å².